The summed E-state index contributed by atoms with van der Waals surface area (Å²) in [7, 11) is 2.87. The molecule has 0 atom stereocenters. The van der Waals surface area contributed by atoms with Crippen LogP contribution in [-0.4, -0.2) is 49.5 Å². The molecule has 13 heteroatoms. The number of anilines is 3. The second kappa shape index (κ2) is 11.5. The first-order valence-corrected chi connectivity index (χ1v) is 12.7. The summed E-state index contributed by atoms with van der Waals surface area (Å²) >= 11 is 7.26. The summed E-state index contributed by atoms with van der Waals surface area (Å²) in [4.78, 5) is 56.2. The molecule has 0 saturated carbocycles. The van der Waals surface area contributed by atoms with Gasteiger partial charge in [-0.2, -0.15) is 0 Å². The van der Waals surface area contributed by atoms with Gasteiger partial charge in [-0.15, -0.1) is 0 Å². The van der Waals surface area contributed by atoms with E-state index in [2.05, 4.69) is 15.6 Å². The molecule has 0 aliphatic carbocycles. The molecule has 0 unspecified atom stereocenters. The summed E-state index contributed by atoms with van der Waals surface area (Å²) in [5.41, 5.74) is 1.21. The Morgan fingerprint density at radius 2 is 1.77 bits per heavy atom. The standard InChI is InChI=1S/C26H23ClN4O7S/c1-5-38-25(35)21-13(2)28-26(39-21)30-22(32)14-6-8-15(9-7-14)29-20-19(27)23(33)31(24(20)34)17-12-16(36-3)10-11-18(17)37-4/h6-12,29H,5H2,1-4H3,(H,28,30,32). The molecule has 2 heterocycles. The minimum absolute atomic E-state index is 0.131. The zero-order chi connectivity index (χ0) is 28.3. The van der Waals surface area contributed by atoms with Crippen LogP contribution in [0.4, 0.5) is 16.5 Å². The molecule has 2 aromatic carbocycles. The van der Waals surface area contributed by atoms with Crippen LogP contribution in [0.25, 0.3) is 0 Å². The first-order valence-electron chi connectivity index (χ1n) is 11.5. The lowest BCUT2D eigenvalue weighted by molar-refractivity contribution is -0.120. The highest BCUT2D eigenvalue weighted by Gasteiger charge is 2.40. The lowest BCUT2D eigenvalue weighted by Gasteiger charge is -2.19. The Bertz CT molecular complexity index is 1500. The number of carbonyl (C=O) groups is 4. The van der Waals surface area contributed by atoms with Crippen molar-refractivity contribution in [3.05, 3.63) is 69.3 Å². The Hall–Kier alpha value is -4.42. The molecule has 0 bridgehead atoms. The molecule has 1 aromatic heterocycles. The third kappa shape index (κ3) is 5.56. The molecule has 202 valence electrons. The van der Waals surface area contributed by atoms with Crippen molar-refractivity contribution in [3.63, 3.8) is 0 Å². The summed E-state index contributed by atoms with van der Waals surface area (Å²) < 4.78 is 15.5. The van der Waals surface area contributed by atoms with Gasteiger partial charge in [-0.05, 0) is 50.2 Å². The smallest absolute Gasteiger partial charge is 0.350 e. The Kier molecular flexibility index (Phi) is 8.17. The molecule has 1 aliphatic rings. The van der Waals surface area contributed by atoms with E-state index in [0.717, 1.165) is 16.2 Å². The first-order chi connectivity index (χ1) is 18.7. The van der Waals surface area contributed by atoms with Crippen LogP contribution >= 0.6 is 22.9 Å². The number of esters is 1. The topological polar surface area (TPSA) is 136 Å². The van der Waals surface area contributed by atoms with E-state index in [1.54, 1.807) is 38.1 Å². The van der Waals surface area contributed by atoms with Crippen LogP contribution in [-0.2, 0) is 14.3 Å². The number of rotatable bonds is 9. The van der Waals surface area contributed by atoms with Gasteiger partial charge in [-0.25, -0.2) is 14.7 Å². The van der Waals surface area contributed by atoms with E-state index in [0.29, 0.717) is 27.6 Å². The van der Waals surface area contributed by atoms with Crippen molar-refractivity contribution in [2.24, 2.45) is 0 Å². The van der Waals surface area contributed by atoms with Gasteiger partial charge in [0, 0.05) is 17.3 Å². The van der Waals surface area contributed by atoms with Crippen LogP contribution in [0.15, 0.2) is 53.2 Å². The van der Waals surface area contributed by atoms with E-state index in [1.165, 1.54) is 32.4 Å². The van der Waals surface area contributed by atoms with Gasteiger partial charge in [0.25, 0.3) is 17.7 Å². The predicted octanol–water partition coefficient (Wildman–Crippen LogP) is 4.33. The molecule has 3 amide bonds. The number of nitrogens with zero attached hydrogens (tertiary/aromatic N) is 2. The molecular weight excluding hydrogens is 548 g/mol. The monoisotopic (exact) mass is 570 g/mol. The summed E-state index contributed by atoms with van der Waals surface area (Å²) in [6.07, 6.45) is 0. The summed E-state index contributed by atoms with van der Waals surface area (Å²) in [6.45, 7) is 3.58. The van der Waals surface area contributed by atoms with Gasteiger partial charge in [0.05, 0.1) is 32.2 Å². The fourth-order valence-electron chi connectivity index (χ4n) is 3.66. The number of methoxy groups -OCH3 is 2. The number of halogens is 1. The van der Waals surface area contributed by atoms with Crippen molar-refractivity contribution in [3.8, 4) is 11.5 Å². The number of aromatic nitrogens is 1. The van der Waals surface area contributed by atoms with Gasteiger partial charge < -0.3 is 19.5 Å². The van der Waals surface area contributed by atoms with Crippen molar-refractivity contribution in [2.75, 3.05) is 36.4 Å². The lowest BCUT2D eigenvalue weighted by atomic mass is 10.2. The average Bonchev–Trinajstić information content (AvgIpc) is 3.40. The number of amides is 3. The zero-order valence-corrected chi connectivity index (χ0v) is 22.9. The van der Waals surface area contributed by atoms with Crippen molar-refractivity contribution >= 4 is 63.1 Å². The Balaban J connectivity index is 1.48. The molecule has 4 rings (SSSR count). The van der Waals surface area contributed by atoms with E-state index < -0.39 is 23.7 Å². The van der Waals surface area contributed by atoms with Crippen LogP contribution in [0.5, 0.6) is 11.5 Å². The van der Waals surface area contributed by atoms with Gasteiger partial charge in [0.15, 0.2) is 5.13 Å². The third-order valence-electron chi connectivity index (χ3n) is 5.55. The van der Waals surface area contributed by atoms with E-state index in [4.69, 9.17) is 25.8 Å². The maximum atomic E-state index is 13.2. The number of imide groups is 1. The average molecular weight is 571 g/mol. The predicted molar refractivity (Wildman–Crippen MR) is 146 cm³/mol. The molecule has 11 nitrogen and oxygen atoms in total. The Labute approximate surface area is 232 Å². The minimum atomic E-state index is -0.729. The molecule has 39 heavy (non-hydrogen) atoms. The highest BCUT2D eigenvalue weighted by molar-refractivity contribution is 7.17. The minimum Gasteiger partial charge on any atom is -0.497 e. The molecule has 1 aliphatic heterocycles. The van der Waals surface area contributed by atoms with Crippen molar-refractivity contribution in [2.45, 2.75) is 13.8 Å². The van der Waals surface area contributed by atoms with Crippen LogP contribution in [0.3, 0.4) is 0 Å². The number of aryl methyl sites for hydroxylation is 1. The molecular formula is C26H23ClN4O7S. The van der Waals surface area contributed by atoms with Crippen LogP contribution < -0.4 is 25.0 Å². The molecule has 3 aromatic rings. The molecule has 0 saturated heterocycles. The fourth-order valence-corrected chi connectivity index (χ4v) is 4.72. The SMILES string of the molecule is CCOC(=O)c1sc(NC(=O)c2ccc(NC3=C(Cl)C(=O)N(c4cc(OC)ccc4OC)C3=O)cc2)nc1C. The highest BCUT2D eigenvalue weighted by atomic mass is 35.5. The Morgan fingerprint density at radius 3 is 2.41 bits per heavy atom. The van der Waals surface area contributed by atoms with Crippen LogP contribution in [0.1, 0.15) is 32.6 Å². The number of carbonyl (C=O) groups excluding carboxylic acids is 4. The Morgan fingerprint density at radius 1 is 1.05 bits per heavy atom. The number of ether oxygens (including phenoxy) is 3. The van der Waals surface area contributed by atoms with Gasteiger partial charge in [-0.3, -0.25) is 19.7 Å². The number of hydrogen-bond acceptors (Lipinski definition) is 10. The van der Waals surface area contributed by atoms with Gasteiger partial charge >= 0.3 is 5.97 Å². The van der Waals surface area contributed by atoms with E-state index in [-0.39, 0.29) is 33.9 Å². The molecule has 0 fully saturated rings. The number of nitrogens with one attached hydrogen (secondary N) is 2. The van der Waals surface area contributed by atoms with Crippen LogP contribution in [0, 0.1) is 6.92 Å². The van der Waals surface area contributed by atoms with Crippen molar-refractivity contribution in [1.29, 1.82) is 0 Å². The number of hydrogen-bond donors (Lipinski definition) is 2. The van der Waals surface area contributed by atoms with E-state index in [1.807, 2.05) is 0 Å². The first kappa shape index (κ1) is 27.6. The van der Waals surface area contributed by atoms with E-state index in [9.17, 15) is 19.2 Å². The normalized spacial score (nSPS) is 13.0. The highest BCUT2D eigenvalue weighted by Crippen LogP contribution is 2.38. The second-order valence-corrected chi connectivity index (χ2v) is 9.36. The molecule has 0 spiro atoms. The van der Waals surface area contributed by atoms with Gasteiger partial charge in [0.1, 0.15) is 27.1 Å². The summed E-state index contributed by atoms with van der Waals surface area (Å²) in [5, 5.41) is 5.46. The maximum absolute atomic E-state index is 13.2. The summed E-state index contributed by atoms with van der Waals surface area (Å²) in [5.74, 6) is -1.67. The molecule has 2 N–H and O–H groups in total. The molecule has 0 radical (unpaired) electrons. The second-order valence-electron chi connectivity index (χ2n) is 7.98. The van der Waals surface area contributed by atoms with E-state index >= 15 is 0 Å². The number of benzene rings is 2. The largest absolute Gasteiger partial charge is 0.497 e. The van der Waals surface area contributed by atoms with Gasteiger partial charge in [-0.1, -0.05) is 22.9 Å². The summed E-state index contributed by atoms with van der Waals surface area (Å²) in [6, 6.07) is 10.8. The van der Waals surface area contributed by atoms with Crippen LogP contribution in [0.2, 0.25) is 0 Å². The lowest BCUT2D eigenvalue weighted by Crippen LogP contribution is -2.32. The van der Waals surface area contributed by atoms with Crippen molar-refractivity contribution in [1.82, 2.24) is 4.98 Å². The van der Waals surface area contributed by atoms with Gasteiger partial charge in [0.2, 0.25) is 0 Å². The fraction of sp³-hybridized carbons (Fsp3) is 0.192. The maximum Gasteiger partial charge on any atom is 0.350 e. The zero-order valence-electron chi connectivity index (χ0n) is 21.3. The third-order valence-corrected chi connectivity index (χ3v) is 6.95. The van der Waals surface area contributed by atoms with Crippen molar-refractivity contribution < 1.29 is 33.4 Å². The quantitative estimate of drug-likeness (QED) is 0.284. The number of thiazole rings is 1.